The van der Waals surface area contributed by atoms with Crippen LogP contribution in [0.1, 0.15) is 31.9 Å². The van der Waals surface area contributed by atoms with Crippen LogP contribution in [-0.2, 0) is 24.7 Å². The summed E-state index contributed by atoms with van der Waals surface area (Å²) in [6.45, 7) is 10.6. The Bertz CT molecular complexity index is 987. The van der Waals surface area contributed by atoms with Gasteiger partial charge in [-0.25, -0.2) is 4.79 Å². The number of rotatable bonds is 10. The molecule has 1 aliphatic rings. The Kier molecular flexibility index (Phi) is 9.97. The highest BCUT2D eigenvalue weighted by Gasteiger charge is 2.53. The van der Waals surface area contributed by atoms with Gasteiger partial charge in [-0.1, -0.05) is 48.5 Å². The van der Waals surface area contributed by atoms with E-state index in [0.29, 0.717) is 25.3 Å². The van der Waals surface area contributed by atoms with Crippen LogP contribution in [0.4, 0.5) is 5.69 Å². The smallest absolute Gasteiger partial charge is 0.328 e. The Morgan fingerprint density at radius 3 is 2.18 bits per heavy atom. The summed E-state index contributed by atoms with van der Waals surface area (Å²) in [4.78, 5) is 36.0. The average molecular weight is 469 g/mol. The van der Waals surface area contributed by atoms with Gasteiger partial charge in [0.1, 0.15) is 0 Å². The maximum Gasteiger partial charge on any atom is 0.328 e. The maximum atomic E-state index is 13.7. The van der Waals surface area contributed by atoms with Crippen molar-refractivity contribution in [2.24, 2.45) is 0 Å². The first-order valence-electron chi connectivity index (χ1n) is 11.4. The quantitative estimate of drug-likeness (QED) is 0.495. The molecule has 2 N–H and O–H groups in total. The number of ether oxygens (including phenoxy) is 1. The van der Waals surface area contributed by atoms with E-state index in [-0.39, 0.29) is 5.91 Å². The molecule has 2 aromatic carbocycles. The van der Waals surface area contributed by atoms with Crippen molar-refractivity contribution in [1.29, 1.82) is 0 Å². The molecule has 0 radical (unpaired) electrons. The Labute approximate surface area is 200 Å². The number of carboxylic acid groups (broad SMARTS) is 2. The van der Waals surface area contributed by atoms with Crippen molar-refractivity contribution in [1.82, 2.24) is 0 Å². The molecule has 1 amide bonds. The molecule has 1 aliphatic heterocycles. The van der Waals surface area contributed by atoms with Crippen LogP contribution in [0, 0.1) is 0 Å². The van der Waals surface area contributed by atoms with Crippen molar-refractivity contribution in [2.45, 2.75) is 26.4 Å². The lowest BCUT2D eigenvalue weighted by Gasteiger charge is -2.29. The summed E-state index contributed by atoms with van der Waals surface area (Å²) in [5.74, 6) is -2.78. The number of carbonyl (C=O) groups is 3. The summed E-state index contributed by atoms with van der Waals surface area (Å²) >= 11 is 0. The lowest BCUT2D eigenvalue weighted by atomic mass is 9.87. The predicted octanol–water partition coefficient (Wildman–Crippen LogP) is 0.615. The van der Waals surface area contributed by atoms with Crippen LogP contribution in [0.25, 0.3) is 0 Å². The topological polar surface area (TPSA) is 111 Å². The molecule has 1 atom stereocenters. The number of nitrogens with one attached hydrogen (secondary N) is 1. The number of para-hydroxylation sites is 1. The molecule has 0 aromatic heterocycles. The average Bonchev–Trinajstić information content (AvgIpc) is 3.08. The third kappa shape index (κ3) is 6.09. The normalized spacial score (nSPS) is 16.9. The van der Waals surface area contributed by atoms with Crippen LogP contribution >= 0.6 is 0 Å². The fourth-order valence-electron chi connectivity index (χ4n) is 4.05. The van der Waals surface area contributed by atoms with Crippen LogP contribution < -0.4 is 14.9 Å². The third-order valence-corrected chi connectivity index (χ3v) is 5.71. The van der Waals surface area contributed by atoms with Gasteiger partial charge in [-0.05, 0) is 38.5 Å². The van der Waals surface area contributed by atoms with Gasteiger partial charge in [-0.3, -0.25) is 4.79 Å². The summed E-state index contributed by atoms with van der Waals surface area (Å²) < 4.78 is 6.21. The molecule has 8 nitrogen and oxygen atoms in total. The van der Waals surface area contributed by atoms with Gasteiger partial charge in [0.2, 0.25) is 0 Å². The second kappa shape index (κ2) is 12.7. The SMILES string of the molecule is CCOC1(c2ccccc2)C(=O)N(CC[NH+](CC)CC)c2ccccc21.O=C([O-])/C=C/C(=O)O. The molecule has 34 heavy (non-hydrogen) atoms. The van der Waals surface area contributed by atoms with Gasteiger partial charge >= 0.3 is 5.97 Å². The number of aliphatic carboxylic acids is 2. The van der Waals surface area contributed by atoms with Gasteiger partial charge in [0.25, 0.3) is 5.91 Å². The van der Waals surface area contributed by atoms with Gasteiger partial charge in [0, 0.05) is 18.2 Å². The fraction of sp³-hybridized carbons (Fsp3) is 0.346. The molecule has 0 spiro atoms. The highest BCUT2D eigenvalue weighted by Crippen LogP contribution is 2.46. The minimum absolute atomic E-state index is 0.0262. The number of anilines is 1. The van der Waals surface area contributed by atoms with Gasteiger partial charge in [0.15, 0.2) is 5.60 Å². The number of hydrogen-bond donors (Lipinski definition) is 2. The lowest BCUT2D eigenvalue weighted by Crippen LogP contribution is -3.12. The van der Waals surface area contributed by atoms with E-state index in [1.54, 1.807) is 0 Å². The van der Waals surface area contributed by atoms with Gasteiger partial charge in [0.05, 0.1) is 37.8 Å². The van der Waals surface area contributed by atoms with Crippen molar-refractivity contribution in [2.75, 3.05) is 37.7 Å². The number of carboxylic acids is 2. The van der Waals surface area contributed by atoms with Gasteiger partial charge in [-0.15, -0.1) is 0 Å². The molecule has 1 heterocycles. The van der Waals surface area contributed by atoms with Crippen LogP contribution in [0.15, 0.2) is 66.7 Å². The molecule has 8 heteroatoms. The highest BCUT2D eigenvalue weighted by atomic mass is 16.5. The van der Waals surface area contributed by atoms with Crippen LogP contribution in [0.5, 0.6) is 0 Å². The van der Waals surface area contributed by atoms with Gasteiger partial charge in [-0.2, -0.15) is 0 Å². The van der Waals surface area contributed by atoms with Crippen molar-refractivity contribution in [3.05, 3.63) is 77.9 Å². The number of fused-ring (bicyclic) bond motifs is 1. The maximum absolute atomic E-state index is 13.7. The molecule has 0 bridgehead atoms. The van der Waals surface area contributed by atoms with Crippen molar-refractivity contribution in [3.63, 3.8) is 0 Å². The van der Waals surface area contributed by atoms with E-state index >= 15 is 0 Å². The van der Waals surface area contributed by atoms with Crippen LogP contribution in [0.3, 0.4) is 0 Å². The van der Waals surface area contributed by atoms with Gasteiger partial charge < -0.3 is 29.5 Å². The summed E-state index contributed by atoms with van der Waals surface area (Å²) in [5.41, 5.74) is 1.79. The zero-order valence-electron chi connectivity index (χ0n) is 19.8. The third-order valence-electron chi connectivity index (χ3n) is 5.71. The standard InChI is InChI=1S/C22H28N2O2.C4H4O4/c1-4-23(5-2)16-17-24-20-15-11-10-14-19(20)22(21(24)25,26-6-3)18-12-8-7-9-13-18;5-3(6)1-2-4(7)8/h7-15H,4-6,16-17H2,1-3H3;1-2H,(H,5,6)(H,7,8)/b;2-1+. The first-order valence-corrected chi connectivity index (χ1v) is 11.4. The lowest BCUT2D eigenvalue weighted by molar-refractivity contribution is -0.894. The number of hydrogen-bond acceptors (Lipinski definition) is 5. The number of nitrogens with zero attached hydrogens (tertiary/aromatic N) is 1. The molecule has 0 aliphatic carbocycles. The minimum atomic E-state index is -1.51. The zero-order chi connectivity index (χ0) is 25.1. The number of carbonyl (C=O) groups excluding carboxylic acids is 2. The van der Waals surface area contributed by atoms with E-state index in [1.165, 1.54) is 4.90 Å². The monoisotopic (exact) mass is 468 g/mol. The van der Waals surface area contributed by atoms with E-state index in [9.17, 15) is 19.5 Å². The first kappa shape index (κ1) is 26.8. The summed E-state index contributed by atoms with van der Waals surface area (Å²) in [6.07, 6.45) is 0.942. The fourth-order valence-corrected chi connectivity index (χ4v) is 4.05. The highest BCUT2D eigenvalue weighted by molar-refractivity contribution is 6.09. The molecular formula is C26H32N2O6. The molecule has 1 unspecified atom stereocenters. The van der Waals surface area contributed by atoms with Crippen molar-refractivity contribution >= 4 is 23.5 Å². The number of benzene rings is 2. The molecule has 0 fully saturated rings. The molecule has 182 valence electrons. The molecular weight excluding hydrogens is 436 g/mol. The second-order valence-electron chi connectivity index (χ2n) is 7.65. The Hall–Kier alpha value is -3.49. The summed E-state index contributed by atoms with van der Waals surface area (Å²) in [5, 5.41) is 17.2. The predicted molar refractivity (Wildman–Crippen MR) is 126 cm³/mol. The van der Waals surface area contributed by atoms with E-state index in [0.717, 1.165) is 36.4 Å². The number of amides is 1. The first-order chi connectivity index (χ1) is 16.3. The van der Waals surface area contributed by atoms with E-state index in [1.807, 2.05) is 66.4 Å². The van der Waals surface area contributed by atoms with E-state index < -0.39 is 17.5 Å². The minimum Gasteiger partial charge on any atom is -0.545 e. The number of likely N-dealkylation sites (N-methyl/N-ethyl adjacent to an activating group) is 1. The van der Waals surface area contributed by atoms with E-state index in [2.05, 4.69) is 13.8 Å². The van der Waals surface area contributed by atoms with Crippen molar-refractivity contribution in [3.8, 4) is 0 Å². The second-order valence-corrected chi connectivity index (χ2v) is 7.65. The van der Waals surface area contributed by atoms with Crippen molar-refractivity contribution < 1.29 is 34.2 Å². The largest absolute Gasteiger partial charge is 0.545 e. The molecule has 3 rings (SSSR count). The Morgan fingerprint density at radius 2 is 1.65 bits per heavy atom. The molecule has 2 aromatic rings. The Morgan fingerprint density at radius 1 is 1.03 bits per heavy atom. The van der Waals surface area contributed by atoms with Crippen LogP contribution in [0.2, 0.25) is 0 Å². The molecule has 0 saturated heterocycles. The summed E-state index contributed by atoms with van der Waals surface area (Å²) in [6, 6.07) is 17.9. The Balaban J connectivity index is 0.000000440. The summed E-state index contributed by atoms with van der Waals surface area (Å²) in [7, 11) is 0. The number of quaternary nitrogens is 1. The zero-order valence-corrected chi connectivity index (χ0v) is 19.8. The van der Waals surface area contributed by atoms with Crippen LogP contribution in [-0.4, -0.2) is 55.7 Å². The molecule has 0 saturated carbocycles. The van der Waals surface area contributed by atoms with E-state index in [4.69, 9.17) is 9.84 Å².